The van der Waals surface area contributed by atoms with Crippen molar-refractivity contribution in [3.05, 3.63) is 70.9 Å². The zero-order valence-electron chi connectivity index (χ0n) is 18.0. The molecule has 1 aliphatic rings. The van der Waals surface area contributed by atoms with Gasteiger partial charge in [-0.3, -0.25) is 4.79 Å². The maximum absolute atomic E-state index is 13.1. The smallest absolute Gasteiger partial charge is 0.227 e. The van der Waals surface area contributed by atoms with Gasteiger partial charge in [-0.05, 0) is 57.5 Å². The molecule has 1 aromatic heterocycles. The summed E-state index contributed by atoms with van der Waals surface area (Å²) in [6, 6.07) is 16.8. The fourth-order valence-corrected chi connectivity index (χ4v) is 4.35. The number of hydrogen-bond donors (Lipinski definition) is 1. The van der Waals surface area contributed by atoms with Gasteiger partial charge in [0.25, 0.3) is 0 Å². The molecule has 4 nitrogen and oxygen atoms in total. The van der Waals surface area contributed by atoms with Crippen molar-refractivity contribution in [2.45, 2.75) is 46.8 Å². The van der Waals surface area contributed by atoms with Gasteiger partial charge in [-0.25, -0.2) is 0 Å². The quantitative estimate of drug-likeness (QED) is 0.707. The Morgan fingerprint density at radius 2 is 1.90 bits per heavy atom. The first kappa shape index (κ1) is 19.7. The summed E-state index contributed by atoms with van der Waals surface area (Å²) in [5, 5.41) is 4.49. The van der Waals surface area contributed by atoms with Crippen molar-refractivity contribution in [3.63, 3.8) is 0 Å². The van der Waals surface area contributed by atoms with Crippen molar-refractivity contribution in [2.24, 2.45) is 5.41 Å². The van der Waals surface area contributed by atoms with Crippen molar-refractivity contribution >= 4 is 16.8 Å². The first-order chi connectivity index (χ1) is 13.8. The molecule has 152 valence electrons. The minimum atomic E-state index is -0.505. The fraction of sp³-hybridized carbons (Fsp3) is 0.400. The third-order valence-electron chi connectivity index (χ3n) is 6.07. The number of carbonyl (C=O) groups is 1. The van der Waals surface area contributed by atoms with E-state index >= 15 is 0 Å². The van der Waals surface area contributed by atoms with Crippen molar-refractivity contribution in [1.29, 1.82) is 0 Å². The van der Waals surface area contributed by atoms with Gasteiger partial charge in [0, 0.05) is 42.8 Å². The molecule has 1 aliphatic heterocycles. The minimum Gasteiger partial charge on any atom is -0.352 e. The normalized spacial score (nSPS) is 14.8. The molecule has 0 bridgehead atoms. The average molecular weight is 390 g/mol. The highest BCUT2D eigenvalue weighted by Crippen LogP contribution is 2.33. The molecule has 2 heterocycles. The molecule has 0 unspecified atom stereocenters. The van der Waals surface area contributed by atoms with Gasteiger partial charge in [0.05, 0.1) is 5.41 Å². The van der Waals surface area contributed by atoms with Crippen LogP contribution in [0.15, 0.2) is 48.5 Å². The van der Waals surface area contributed by atoms with E-state index in [-0.39, 0.29) is 5.91 Å². The zero-order valence-corrected chi connectivity index (χ0v) is 18.0. The van der Waals surface area contributed by atoms with Crippen LogP contribution in [0.3, 0.4) is 0 Å². The van der Waals surface area contributed by atoms with E-state index in [2.05, 4.69) is 47.0 Å². The molecular formula is C25H31N3O. The zero-order chi connectivity index (χ0) is 20.6. The summed E-state index contributed by atoms with van der Waals surface area (Å²) in [6.07, 6.45) is 1.07. The third kappa shape index (κ3) is 3.95. The predicted molar refractivity (Wildman–Crippen MR) is 119 cm³/mol. The van der Waals surface area contributed by atoms with Gasteiger partial charge in [0.1, 0.15) is 0 Å². The number of amides is 1. The molecule has 1 N–H and O–H groups in total. The van der Waals surface area contributed by atoms with E-state index < -0.39 is 5.41 Å². The van der Waals surface area contributed by atoms with Crippen LogP contribution >= 0.6 is 0 Å². The van der Waals surface area contributed by atoms with Crippen LogP contribution in [0.4, 0.5) is 0 Å². The topological polar surface area (TPSA) is 37.3 Å². The highest BCUT2D eigenvalue weighted by molar-refractivity contribution is 5.87. The lowest BCUT2D eigenvalue weighted by atomic mass is 9.91. The lowest BCUT2D eigenvalue weighted by molar-refractivity contribution is -0.130. The number of rotatable bonds is 5. The highest BCUT2D eigenvalue weighted by atomic mass is 16.2. The van der Waals surface area contributed by atoms with E-state index in [1.54, 1.807) is 0 Å². The second kappa shape index (κ2) is 7.68. The van der Waals surface area contributed by atoms with Crippen molar-refractivity contribution in [2.75, 3.05) is 13.6 Å². The number of carbonyl (C=O) groups excluding carboxylic acids is 1. The van der Waals surface area contributed by atoms with Crippen LogP contribution in [-0.2, 0) is 30.8 Å². The summed E-state index contributed by atoms with van der Waals surface area (Å²) in [6.45, 7) is 9.51. The lowest BCUT2D eigenvalue weighted by Crippen LogP contribution is -2.40. The molecule has 0 fully saturated rings. The molecule has 0 atom stereocenters. The van der Waals surface area contributed by atoms with Gasteiger partial charge < -0.3 is 14.8 Å². The molecule has 0 saturated carbocycles. The van der Waals surface area contributed by atoms with E-state index in [4.69, 9.17) is 0 Å². The number of nitrogens with zero attached hydrogens (tertiary/aromatic N) is 2. The van der Waals surface area contributed by atoms with Gasteiger partial charge in [0.15, 0.2) is 0 Å². The van der Waals surface area contributed by atoms with E-state index in [0.29, 0.717) is 13.1 Å². The molecule has 4 rings (SSSR count). The van der Waals surface area contributed by atoms with Gasteiger partial charge in [-0.1, -0.05) is 42.0 Å². The maximum Gasteiger partial charge on any atom is 0.227 e. The Kier molecular flexibility index (Phi) is 5.22. The maximum atomic E-state index is 13.1. The SMILES string of the molecule is Cc1ccc2c(c1)c1c(n2CC(C)(C)C(=O)NCc2ccccc2)CN(C)CC1. The summed E-state index contributed by atoms with van der Waals surface area (Å²) < 4.78 is 2.39. The van der Waals surface area contributed by atoms with Crippen LogP contribution in [0.5, 0.6) is 0 Å². The Balaban J connectivity index is 1.62. The molecular weight excluding hydrogens is 358 g/mol. The van der Waals surface area contributed by atoms with Gasteiger partial charge in [-0.15, -0.1) is 0 Å². The molecule has 3 aromatic rings. The Labute approximate surface area is 173 Å². The van der Waals surface area contributed by atoms with Crippen molar-refractivity contribution in [3.8, 4) is 0 Å². The van der Waals surface area contributed by atoms with Crippen LogP contribution in [0, 0.1) is 12.3 Å². The number of hydrogen-bond acceptors (Lipinski definition) is 2. The van der Waals surface area contributed by atoms with E-state index in [1.165, 1.54) is 27.7 Å². The summed E-state index contributed by atoms with van der Waals surface area (Å²) >= 11 is 0. The monoisotopic (exact) mass is 389 g/mol. The predicted octanol–water partition coefficient (Wildman–Crippen LogP) is 4.28. The van der Waals surface area contributed by atoms with Crippen LogP contribution in [-0.4, -0.2) is 29.0 Å². The summed E-state index contributed by atoms with van der Waals surface area (Å²) in [5.41, 5.74) is 5.98. The average Bonchev–Trinajstić information content (AvgIpc) is 2.98. The number of nitrogens with one attached hydrogen (secondary N) is 1. The first-order valence-corrected chi connectivity index (χ1v) is 10.5. The van der Waals surface area contributed by atoms with E-state index in [0.717, 1.165) is 25.1 Å². The number of likely N-dealkylation sites (N-methyl/N-ethyl adjacent to an activating group) is 1. The highest BCUT2D eigenvalue weighted by Gasteiger charge is 2.31. The number of benzene rings is 2. The van der Waals surface area contributed by atoms with Gasteiger partial charge >= 0.3 is 0 Å². The van der Waals surface area contributed by atoms with Gasteiger partial charge in [-0.2, -0.15) is 0 Å². The van der Waals surface area contributed by atoms with Crippen LogP contribution in [0.25, 0.3) is 10.9 Å². The second-order valence-corrected chi connectivity index (χ2v) is 9.07. The molecule has 0 saturated heterocycles. The molecule has 0 radical (unpaired) electrons. The molecule has 0 aliphatic carbocycles. The Hall–Kier alpha value is -2.59. The van der Waals surface area contributed by atoms with Crippen molar-refractivity contribution < 1.29 is 4.79 Å². The largest absolute Gasteiger partial charge is 0.352 e. The first-order valence-electron chi connectivity index (χ1n) is 10.5. The van der Waals surface area contributed by atoms with Gasteiger partial charge in [0.2, 0.25) is 5.91 Å². The molecule has 29 heavy (non-hydrogen) atoms. The van der Waals surface area contributed by atoms with E-state index in [9.17, 15) is 4.79 Å². The van der Waals surface area contributed by atoms with Crippen LogP contribution < -0.4 is 5.32 Å². The number of aryl methyl sites for hydroxylation is 1. The van der Waals surface area contributed by atoms with E-state index in [1.807, 2.05) is 44.2 Å². The Morgan fingerprint density at radius 3 is 2.66 bits per heavy atom. The fourth-order valence-electron chi connectivity index (χ4n) is 4.35. The molecule has 0 spiro atoms. The summed E-state index contributed by atoms with van der Waals surface area (Å²) in [5.74, 6) is 0.0910. The van der Waals surface area contributed by atoms with Crippen LogP contribution in [0.2, 0.25) is 0 Å². The second-order valence-electron chi connectivity index (χ2n) is 9.07. The standard InChI is InChI=1S/C25H31N3O/c1-18-10-11-22-21(14-18)20-12-13-27(4)16-23(20)28(22)17-25(2,3)24(29)26-15-19-8-6-5-7-9-19/h5-11,14H,12-13,15-17H2,1-4H3,(H,26,29). The molecule has 2 aromatic carbocycles. The Bertz CT molecular complexity index is 1030. The Morgan fingerprint density at radius 1 is 1.14 bits per heavy atom. The molecule has 4 heteroatoms. The number of aromatic nitrogens is 1. The summed E-state index contributed by atoms with van der Waals surface area (Å²) in [4.78, 5) is 15.4. The minimum absolute atomic E-state index is 0.0910. The number of fused-ring (bicyclic) bond motifs is 3. The van der Waals surface area contributed by atoms with Crippen LogP contribution in [0.1, 0.15) is 36.2 Å². The van der Waals surface area contributed by atoms with Crippen molar-refractivity contribution in [1.82, 2.24) is 14.8 Å². The summed E-state index contributed by atoms with van der Waals surface area (Å²) in [7, 11) is 2.17. The third-order valence-corrected chi connectivity index (χ3v) is 6.07. The lowest BCUT2D eigenvalue weighted by Gasteiger charge is -2.29. The molecule has 1 amide bonds.